The Labute approximate surface area is 150 Å². The minimum absolute atomic E-state index is 0.0400. The zero-order chi connectivity index (χ0) is 17.7. The molecule has 0 N–H and O–H groups in total. The molecular weight excluding hydrogens is 342 g/mol. The van der Waals surface area contributed by atoms with Gasteiger partial charge in [-0.2, -0.15) is 17.0 Å². The van der Waals surface area contributed by atoms with Crippen molar-refractivity contribution in [3.8, 4) is 5.75 Å². The molecule has 2 aliphatic heterocycles. The summed E-state index contributed by atoms with van der Waals surface area (Å²) in [6.45, 7) is 2.78. The molecule has 2 aliphatic rings. The van der Waals surface area contributed by atoms with Gasteiger partial charge in [0.15, 0.2) is 0 Å². The number of piperidine rings is 2. The van der Waals surface area contributed by atoms with Gasteiger partial charge in [0.05, 0.1) is 12.8 Å². The second-order valence-corrected chi connectivity index (χ2v) is 8.66. The maximum absolute atomic E-state index is 12.9. The Bertz CT molecular complexity index is 631. The van der Waals surface area contributed by atoms with Crippen LogP contribution in [-0.2, 0) is 14.9 Å². The van der Waals surface area contributed by atoms with Gasteiger partial charge in [-0.3, -0.25) is 4.98 Å². The van der Waals surface area contributed by atoms with Gasteiger partial charge in [-0.25, -0.2) is 0 Å². The van der Waals surface area contributed by atoms with E-state index in [1.165, 1.54) is 0 Å². The highest BCUT2D eigenvalue weighted by molar-refractivity contribution is 7.86. The summed E-state index contributed by atoms with van der Waals surface area (Å²) >= 11 is 0. The number of rotatable bonds is 6. The summed E-state index contributed by atoms with van der Waals surface area (Å²) in [5.41, 5.74) is 0. The Morgan fingerprint density at radius 3 is 2.68 bits per heavy atom. The molecule has 3 heterocycles. The molecule has 25 heavy (non-hydrogen) atoms. The van der Waals surface area contributed by atoms with Crippen molar-refractivity contribution in [2.75, 3.05) is 39.9 Å². The number of ether oxygens (including phenoxy) is 2. The lowest BCUT2D eigenvalue weighted by Crippen LogP contribution is -2.51. The summed E-state index contributed by atoms with van der Waals surface area (Å²) in [6.07, 6.45) is 6.75. The van der Waals surface area contributed by atoms with Crippen LogP contribution in [0.4, 0.5) is 0 Å². The molecule has 0 spiro atoms. The van der Waals surface area contributed by atoms with Crippen LogP contribution in [-0.4, -0.2) is 68.0 Å². The Morgan fingerprint density at radius 2 is 2.00 bits per heavy atom. The molecule has 0 saturated carbocycles. The third-order valence-electron chi connectivity index (χ3n) is 4.87. The summed E-state index contributed by atoms with van der Waals surface area (Å²) in [5.74, 6) is 1.03. The van der Waals surface area contributed by atoms with Gasteiger partial charge in [0, 0.05) is 39.5 Å². The zero-order valence-corrected chi connectivity index (χ0v) is 15.5. The minimum Gasteiger partial charge on any atom is -0.489 e. The molecule has 140 valence electrons. The van der Waals surface area contributed by atoms with Crippen molar-refractivity contribution in [1.29, 1.82) is 0 Å². The topological polar surface area (TPSA) is 72.0 Å². The Morgan fingerprint density at radius 1 is 1.20 bits per heavy atom. The van der Waals surface area contributed by atoms with Gasteiger partial charge in [0.1, 0.15) is 11.9 Å². The van der Waals surface area contributed by atoms with E-state index in [2.05, 4.69) is 4.98 Å². The lowest BCUT2D eigenvalue weighted by molar-refractivity contribution is 0.110. The van der Waals surface area contributed by atoms with Crippen molar-refractivity contribution in [2.24, 2.45) is 5.92 Å². The van der Waals surface area contributed by atoms with Crippen LogP contribution >= 0.6 is 0 Å². The van der Waals surface area contributed by atoms with E-state index in [0.29, 0.717) is 51.5 Å². The van der Waals surface area contributed by atoms with Crippen LogP contribution in [0.3, 0.4) is 0 Å². The molecular formula is C17H27N3O4S. The summed E-state index contributed by atoms with van der Waals surface area (Å²) in [6, 6.07) is 3.71. The number of aromatic nitrogens is 1. The van der Waals surface area contributed by atoms with Crippen molar-refractivity contribution in [1.82, 2.24) is 13.6 Å². The minimum atomic E-state index is -3.39. The number of hydrogen-bond acceptors (Lipinski definition) is 5. The molecule has 2 fully saturated rings. The number of hydrogen-bond donors (Lipinski definition) is 0. The largest absolute Gasteiger partial charge is 0.489 e. The first-order valence-electron chi connectivity index (χ1n) is 8.90. The first kappa shape index (κ1) is 18.6. The molecule has 0 bridgehead atoms. The van der Waals surface area contributed by atoms with Gasteiger partial charge in [0.25, 0.3) is 10.2 Å². The fourth-order valence-electron chi connectivity index (χ4n) is 3.56. The number of nitrogens with zero attached hydrogens (tertiary/aromatic N) is 3. The van der Waals surface area contributed by atoms with Gasteiger partial charge < -0.3 is 9.47 Å². The molecule has 0 aliphatic carbocycles. The molecule has 7 nitrogen and oxygen atoms in total. The maximum Gasteiger partial charge on any atom is 0.281 e. The van der Waals surface area contributed by atoms with Crippen LogP contribution in [0.5, 0.6) is 5.75 Å². The second-order valence-electron chi connectivity index (χ2n) is 6.73. The van der Waals surface area contributed by atoms with E-state index in [9.17, 15) is 8.42 Å². The first-order chi connectivity index (χ1) is 12.1. The SMILES string of the molecule is COCC1CCCN(S(=O)(=O)N2CCC(Oc3cccnc3)CC2)C1. The molecule has 1 unspecified atom stereocenters. The van der Waals surface area contributed by atoms with E-state index in [1.807, 2.05) is 12.1 Å². The third kappa shape index (κ3) is 4.69. The predicted molar refractivity (Wildman–Crippen MR) is 94.6 cm³/mol. The second kappa shape index (κ2) is 8.44. The average Bonchev–Trinajstić information content (AvgIpc) is 2.64. The molecule has 1 atom stereocenters. The first-order valence-corrected chi connectivity index (χ1v) is 10.3. The smallest absolute Gasteiger partial charge is 0.281 e. The molecule has 8 heteroatoms. The molecule has 0 amide bonds. The van der Waals surface area contributed by atoms with Gasteiger partial charge in [0.2, 0.25) is 0 Å². The zero-order valence-electron chi connectivity index (χ0n) is 14.7. The van der Waals surface area contributed by atoms with Crippen molar-refractivity contribution in [3.63, 3.8) is 0 Å². The quantitative estimate of drug-likeness (QED) is 0.760. The maximum atomic E-state index is 12.9. The highest BCUT2D eigenvalue weighted by Crippen LogP contribution is 2.25. The van der Waals surface area contributed by atoms with E-state index >= 15 is 0 Å². The number of pyridine rings is 1. The van der Waals surface area contributed by atoms with Gasteiger partial charge >= 0.3 is 0 Å². The fourth-order valence-corrected chi connectivity index (χ4v) is 5.32. The van der Waals surface area contributed by atoms with E-state index in [4.69, 9.17) is 9.47 Å². The van der Waals surface area contributed by atoms with Crippen molar-refractivity contribution < 1.29 is 17.9 Å². The van der Waals surface area contributed by atoms with Gasteiger partial charge in [-0.15, -0.1) is 0 Å². The van der Waals surface area contributed by atoms with Crippen LogP contribution in [0.15, 0.2) is 24.5 Å². The summed E-state index contributed by atoms with van der Waals surface area (Å²) < 4.78 is 40.2. The van der Waals surface area contributed by atoms with Crippen LogP contribution in [0, 0.1) is 5.92 Å². The molecule has 2 saturated heterocycles. The fraction of sp³-hybridized carbons (Fsp3) is 0.706. The van der Waals surface area contributed by atoms with Gasteiger partial charge in [-0.05, 0) is 43.7 Å². The Hall–Kier alpha value is -1.22. The van der Waals surface area contributed by atoms with Crippen molar-refractivity contribution in [2.45, 2.75) is 31.8 Å². The normalized spacial score (nSPS) is 24.3. The van der Waals surface area contributed by atoms with Gasteiger partial charge in [-0.1, -0.05) is 0 Å². The third-order valence-corrected chi connectivity index (χ3v) is 6.88. The standard InChI is InChI=1S/C17H27N3O4S/c1-23-14-15-4-3-9-20(13-15)25(21,22)19-10-6-16(7-11-19)24-17-5-2-8-18-12-17/h2,5,8,12,15-16H,3-4,6-7,9-11,13-14H2,1H3. The predicted octanol–water partition coefficient (Wildman–Crippen LogP) is 1.53. The average molecular weight is 369 g/mol. The van der Waals surface area contributed by atoms with Crippen LogP contribution in [0.25, 0.3) is 0 Å². The highest BCUT2D eigenvalue weighted by Gasteiger charge is 2.36. The number of methoxy groups -OCH3 is 1. The van der Waals surface area contributed by atoms with Crippen molar-refractivity contribution in [3.05, 3.63) is 24.5 Å². The Balaban J connectivity index is 1.54. The van der Waals surface area contributed by atoms with E-state index in [-0.39, 0.29) is 6.10 Å². The molecule has 1 aromatic heterocycles. The van der Waals surface area contributed by atoms with E-state index < -0.39 is 10.2 Å². The molecule has 3 rings (SSSR count). The summed E-state index contributed by atoms with van der Waals surface area (Å²) in [7, 11) is -1.72. The molecule has 1 aromatic rings. The van der Waals surface area contributed by atoms with Crippen LogP contribution in [0.2, 0.25) is 0 Å². The van der Waals surface area contributed by atoms with E-state index in [0.717, 1.165) is 18.6 Å². The lowest BCUT2D eigenvalue weighted by Gasteiger charge is -2.38. The Kier molecular flexibility index (Phi) is 6.27. The highest BCUT2D eigenvalue weighted by atomic mass is 32.2. The van der Waals surface area contributed by atoms with E-state index in [1.54, 1.807) is 28.1 Å². The van der Waals surface area contributed by atoms with Crippen LogP contribution < -0.4 is 4.74 Å². The lowest BCUT2D eigenvalue weighted by atomic mass is 10.0. The molecule has 0 radical (unpaired) electrons. The molecule has 0 aromatic carbocycles. The summed E-state index contributed by atoms with van der Waals surface area (Å²) in [4.78, 5) is 4.04. The summed E-state index contributed by atoms with van der Waals surface area (Å²) in [5, 5.41) is 0. The monoisotopic (exact) mass is 369 g/mol. The van der Waals surface area contributed by atoms with Crippen LogP contribution in [0.1, 0.15) is 25.7 Å². The van der Waals surface area contributed by atoms with Crippen molar-refractivity contribution >= 4 is 10.2 Å².